The Bertz CT molecular complexity index is 1800. The first-order valence-corrected chi connectivity index (χ1v) is 14.9. The zero-order valence-electron chi connectivity index (χ0n) is 23.5. The summed E-state index contributed by atoms with van der Waals surface area (Å²) in [6.45, 7) is 8.43. The highest BCUT2D eigenvalue weighted by molar-refractivity contribution is 7.99. The van der Waals surface area contributed by atoms with Gasteiger partial charge in [0.2, 0.25) is 0 Å². The van der Waals surface area contributed by atoms with Crippen LogP contribution in [0.25, 0.3) is 10.8 Å². The minimum absolute atomic E-state index is 0.154. The van der Waals surface area contributed by atoms with Gasteiger partial charge in [-0.3, -0.25) is 9.59 Å². The molecule has 2 heterocycles. The van der Waals surface area contributed by atoms with Gasteiger partial charge in [-0.05, 0) is 65.4 Å². The molecular weight excluding hydrogens is 524 g/mol. The Kier molecular flexibility index (Phi) is 6.02. The first-order chi connectivity index (χ1) is 19.9. The van der Waals surface area contributed by atoms with Gasteiger partial charge in [0.05, 0.1) is 22.7 Å². The fourth-order valence-corrected chi connectivity index (χ4v) is 7.27. The number of nitrogens with zero attached hydrogens (tertiary/aromatic N) is 2. The molecule has 4 nitrogen and oxygen atoms in total. The highest BCUT2D eigenvalue weighted by Gasteiger charge is 2.38. The molecule has 0 saturated heterocycles. The predicted octanol–water partition coefficient (Wildman–Crippen LogP) is 9.82. The quantitative estimate of drug-likeness (QED) is 0.203. The molecule has 0 aliphatic carbocycles. The van der Waals surface area contributed by atoms with E-state index in [0.717, 1.165) is 54.4 Å². The number of carbonyl (C=O) groups is 2. The highest BCUT2D eigenvalue weighted by atomic mass is 32.2. The summed E-state index contributed by atoms with van der Waals surface area (Å²) in [7, 11) is 0. The van der Waals surface area contributed by atoms with E-state index in [-0.39, 0.29) is 23.7 Å². The largest absolute Gasteiger partial charge is 0.308 e. The van der Waals surface area contributed by atoms with Crippen molar-refractivity contribution in [3.8, 4) is 0 Å². The summed E-state index contributed by atoms with van der Waals surface area (Å²) in [4.78, 5) is 34.7. The Morgan fingerprint density at radius 3 is 1.66 bits per heavy atom. The van der Waals surface area contributed by atoms with Crippen molar-refractivity contribution in [1.82, 2.24) is 0 Å². The van der Waals surface area contributed by atoms with Gasteiger partial charge in [0, 0.05) is 31.7 Å². The Morgan fingerprint density at radius 1 is 0.537 bits per heavy atom. The maximum atomic E-state index is 14.3. The number of amides is 2. The van der Waals surface area contributed by atoms with E-state index < -0.39 is 0 Å². The predicted molar refractivity (Wildman–Crippen MR) is 169 cm³/mol. The summed E-state index contributed by atoms with van der Waals surface area (Å²) in [6, 6.07) is 32.6. The Balaban J connectivity index is 1.46. The van der Waals surface area contributed by atoms with Crippen LogP contribution in [0.5, 0.6) is 0 Å². The topological polar surface area (TPSA) is 40.6 Å². The van der Waals surface area contributed by atoms with Gasteiger partial charge in [-0.2, -0.15) is 0 Å². The third kappa shape index (κ3) is 3.83. The molecule has 0 atom stereocenters. The molecule has 2 aliphatic heterocycles. The van der Waals surface area contributed by atoms with E-state index in [9.17, 15) is 9.59 Å². The third-order valence-corrected chi connectivity index (χ3v) is 9.25. The number of rotatable bonds is 4. The average molecular weight is 555 g/mol. The lowest BCUT2D eigenvalue weighted by Crippen LogP contribution is -2.41. The molecule has 202 valence electrons. The smallest absolute Gasteiger partial charge is 0.266 e. The van der Waals surface area contributed by atoms with Crippen molar-refractivity contribution < 1.29 is 9.59 Å². The summed E-state index contributed by atoms with van der Waals surface area (Å²) < 4.78 is 0. The number of hydrogen-bond acceptors (Lipinski definition) is 4. The standard InChI is InChI=1S/C36H30N2O2S/c1-21(2)23-11-9-12-24(22(3)4)34(23)38-35(39)26-14-10-13-25-28(20-19-27(33(25)26)36(38)40)37-29-15-5-7-17-31(29)41-32-18-8-6-16-30(32)37/h5-22H,1-4H3. The van der Waals surface area contributed by atoms with Crippen LogP contribution in [0.15, 0.2) is 107 Å². The first-order valence-electron chi connectivity index (χ1n) is 14.1. The van der Waals surface area contributed by atoms with Gasteiger partial charge in [-0.1, -0.05) is 94.1 Å². The van der Waals surface area contributed by atoms with Gasteiger partial charge < -0.3 is 4.90 Å². The van der Waals surface area contributed by atoms with Gasteiger partial charge in [0.15, 0.2) is 0 Å². The average Bonchev–Trinajstić information content (AvgIpc) is 2.98. The van der Waals surface area contributed by atoms with Gasteiger partial charge >= 0.3 is 0 Å². The Labute approximate surface area is 244 Å². The van der Waals surface area contributed by atoms with Crippen molar-refractivity contribution in [2.24, 2.45) is 0 Å². The highest BCUT2D eigenvalue weighted by Crippen LogP contribution is 2.53. The molecule has 0 unspecified atom stereocenters. The molecule has 2 amide bonds. The minimum Gasteiger partial charge on any atom is -0.308 e. The van der Waals surface area contributed by atoms with Crippen molar-refractivity contribution in [3.05, 3.63) is 119 Å². The summed E-state index contributed by atoms with van der Waals surface area (Å²) >= 11 is 1.76. The minimum atomic E-state index is -0.268. The lowest BCUT2D eigenvalue weighted by molar-refractivity contribution is 0.0893. The van der Waals surface area contributed by atoms with Crippen LogP contribution in [-0.4, -0.2) is 11.8 Å². The van der Waals surface area contributed by atoms with Crippen molar-refractivity contribution >= 4 is 57.1 Å². The van der Waals surface area contributed by atoms with Crippen LogP contribution in [0.4, 0.5) is 22.7 Å². The number of carbonyl (C=O) groups excluding carboxylic acids is 2. The lowest BCUT2D eigenvalue weighted by atomic mass is 9.88. The second-order valence-corrected chi connectivity index (χ2v) is 12.4. The SMILES string of the molecule is CC(C)c1cccc(C(C)C)c1N1C(=O)c2cccc3c(N4c5ccccc5Sc5ccccc54)ccc(c23)C1=O. The maximum absolute atomic E-state index is 14.3. The summed E-state index contributed by atoms with van der Waals surface area (Å²) in [5.41, 5.74) is 6.97. The number of hydrogen-bond donors (Lipinski definition) is 0. The molecule has 0 saturated carbocycles. The van der Waals surface area contributed by atoms with Crippen LogP contribution in [-0.2, 0) is 0 Å². The first kappa shape index (κ1) is 25.6. The normalized spacial score (nSPS) is 14.2. The van der Waals surface area contributed by atoms with Gasteiger partial charge in [-0.15, -0.1) is 0 Å². The number of imide groups is 1. The van der Waals surface area contributed by atoms with E-state index in [1.807, 2.05) is 48.5 Å². The molecule has 0 fully saturated rings. The molecule has 0 bridgehead atoms. The molecule has 0 aromatic heterocycles. The molecule has 5 aromatic rings. The number of anilines is 4. The zero-order chi connectivity index (χ0) is 28.4. The monoisotopic (exact) mass is 554 g/mol. The van der Waals surface area contributed by atoms with E-state index in [0.29, 0.717) is 11.1 Å². The molecule has 0 N–H and O–H groups in total. The summed E-state index contributed by atoms with van der Waals surface area (Å²) in [6.07, 6.45) is 0. The third-order valence-electron chi connectivity index (χ3n) is 8.12. The van der Waals surface area contributed by atoms with Gasteiger partial charge in [-0.25, -0.2) is 4.90 Å². The molecule has 2 aliphatic rings. The fourth-order valence-electron chi connectivity index (χ4n) is 6.21. The van der Waals surface area contributed by atoms with E-state index >= 15 is 0 Å². The Morgan fingerprint density at radius 2 is 1.07 bits per heavy atom. The summed E-state index contributed by atoms with van der Waals surface area (Å²) in [5.74, 6) is -0.229. The second kappa shape index (κ2) is 9.64. The molecule has 5 aromatic carbocycles. The lowest BCUT2D eigenvalue weighted by Gasteiger charge is -2.35. The Hall–Kier alpha value is -4.35. The molecule has 0 spiro atoms. The van der Waals surface area contributed by atoms with Crippen LogP contribution >= 0.6 is 11.8 Å². The van der Waals surface area contributed by atoms with Crippen molar-refractivity contribution in [2.45, 2.75) is 49.3 Å². The summed E-state index contributed by atoms with van der Waals surface area (Å²) in [5, 5.41) is 1.61. The van der Waals surface area contributed by atoms with Crippen molar-refractivity contribution in [2.75, 3.05) is 9.80 Å². The van der Waals surface area contributed by atoms with E-state index in [1.54, 1.807) is 11.8 Å². The van der Waals surface area contributed by atoms with Crippen LogP contribution in [0.3, 0.4) is 0 Å². The molecule has 0 radical (unpaired) electrons. The van der Waals surface area contributed by atoms with E-state index in [4.69, 9.17) is 0 Å². The van der Waals surface area contributed by atoms with Gasteiger partial charge in [0.25, 0.3) is 11.8 Å². The van der Waals surface area contributed by atoms with Crippen LogP contribution in [0.1, 0.15) is 71.4 Å². The molecule has 5 heteroatoms. The fraction of sp³-hybridized carbons (Fsp3) is 0.167. The van der Waals surface area contributed by atoms with Crippen LogP contribution in [0, 0.1) is 0 Å². The molecule has 7 rings (SSSR count). The van der Waals surface area contributed by atoms with Crippen molar-refractivity contribution in [1.29, 1.82) is 0 Å². The van der Waals surface area contributed by atoms with Gasteiger partial charge in [0.1, 0.15) is 0 Å². The van der Waals surface area contributed by atoms with Crippen LogP contribution in [0.2, 0.25) is 0 Å². The molecule has 41 heavy (non-hydrogen) atoms. The van der Waals surface area contributed by atoms with Crippen molar-refractivity contribution in [3.63, 3.8) is 0 Å². The van der Waals surface area contributed by atoms with E-state index in [2.05, 4.69) is 81.1 Å². The second-order valence-electron chi connectivity index (χ2n) is 11.3. The number of fused-ring (bicyclic) bond motifs is 2. The maximum Gasteiger partial charge on any atom is 0.266 e. The molecular formula is C36H30N2O2S. The van der Waals surface area contributed by atoms with E-state index in [1.165, 1.54) is 4.90 Å². The number of para-hydroxylation sites is 3. The number of benzene rings is 5. The zero-order valence-corrected chi connectivity index (χ0v) is 24.3. The van der Waals surface area contributed by atoms with Crippen LogP contribution < -0.4 is 9.80 Å².